The van der Waals surface area contributed by atoms with E-state index < -0.39 is 0 Å². The Morgan fingerprint density at radius 1 is 1.67 bits per heavy atom. The first-order chi connectivity index (χ1) is 4.16. The van der Waals surface area contributed by atoms with Gasteiger partial charge >= 0.3 is 0 Å². The van der Waals surface area contributed by atoms with E-state index in [2.05, 4.69) is 4.99 Å². The summed E-state index contributed by atoms with van der Waals surface area (Å²) in [4.78, 5) is 15.8. The van der Waals surface area contributed by atoms with Crippen molar-refractivity contribution < 1.29 is 4.79 Å². The van der Waals surface area contributed by atoms with Crippen molar-refractivity contribution in [1.82, 2.24) is 4.90 Å². The number of carbonyl (C=O) groups excluding carboxylic acids is 1. The van der Waals surface area contributed by atoms with Gasteiger partial charge in [0, 0.05) is 20.5 Å². The summed E-state index contributed by atoms with van der Waals surface area (Å²) in [5, 5.41) is 0. The lowest BCUT2D eigenvalue weighted by Gasteiger charge is -1.99. The number of carbonyl (C=O) groups is 1. The number of hydrogen-bond acceptors (Lipinski definition) is 1. The van der Waals surface area contributed by atoms with E-state index in [1.54, 1.807) is 11.8 Å². The quantitative estimate of drug-likeness (QED) is 0.401. The monoisotopic (exact) mass is 128 g/mol. The van der Waals surface area contributed by atoms with E-state index in [1.165, 1.54) is 6.34 Å². The van der Waals surface area contributed by atoms with Crippen molar-refractivity contribution in [3.63, 3.8) is 0 Å². The zero-order chi connectivity index (χ0) is 7.28. The van der Waals surface area contributed by atoms with E-state index in [9.17, 15) is 4.79 Å². The first-order valence-corrected chi connectivity index (χ1v) is 2.90. The van der Waals surface area contributed by atoms with Gasteiger partial charge in [-0.05, 0) is 0 Å². The molecule has 0 heterocycles. The van der Waals surface area contributed by atoms with Gasteiger partial charge in [0.2, 0.25) is 5.91 Å². The van der Waals surface area contributed by atoms with Crippen molar-refractivity contribution in [2.24, 2.45) is 4.99 Å². The normalized spacial score (nSPS) is 10.1. The van der Waals surface area contributed by atoms with Crippen molar-refractivity contribution >= 4 is 12.2 Å². The predicted octanol–water partition coefficient (Wildman–Crippen LogP) is 0.513. The second-order valence-electron chi connectivity index (χ2n) is 1.96. The van der Waals surface area contributed by atoms with Crippen molar-refractivity contribution in [1.29, 1.82) is 0 Å². The molecule has 3 nitrogen and oxygen atoms in total. The molecular formula is C6H12N2O. The molecule has 0 aromatic heterocycles. The highest BCUT2D eigenvalue weighted by molar-refractivity contribution is 5.83. The molecule has 0 unspecified atom stereocenters. The van der Waals surface area contributed by atoms with Gasteiger partial charge in [-0.25, -0.2) is 4.99 Å². The summed E-state index contributed by atoms with van der Waals surface area (Å²) in [6.07, 6.45) is 1.98. The molecule has 0 fully saturated rings. The molecule has 0 saturated heterocycles. The molecule has 0 rings (SSSR count). The van der Waals surface area contributed by atoms with Crippen LogP contribution in [-0.4, -0.2) is 31.2 Å². The smallest absolute Gasteiger partial charge is 0.246 e. The number of amides is 1. The SMILES string of the molecule is CCC(=O)N=CN(C)C. The van der Waals surface area contributed by atoms with Crippen molar-refractivity contribution in [2.75, 3.05) is 14.1 Å². The van der Waals surface area contributed by atoms with Gasteiger partial charge in [-0.1, -0.05) is 6.92 Å². The van der Waals surface area contributed by atoms with E-state index in [-0.39, 0.29) is 5.91 Å². The highest BCUT2D eigenvalue weighted by Gasteiger charge is 1.88. The molecule has 0 bridgehead atoms. The first-order valence-electron chi connectivity index (χ1n) is 2.90. The minimum Gasteiger partial charge on any atom is -0.369 e. The fraction of sp³-hybridized carbons (Fsp3) is 0.667. The lowest BCUT2D eigenvalue weighted by atomic mass is 10.5. The Hall–Kier alpha value is -0.860. The van der Waals surface area contributed by atoms with Crippen LogP contribution in [-0.2, 0) is 4.79 Å². The number of rotatable bonds is 2. The summed E-state index contributed by atoms with van der Waals surface area (Å²) in [5.41, 5.74) is 0. The summed E-state index contributed by atoms with van der Waals surface area (Å²) < 4.78 is 0. The lowest BCUT2D eigenvalue weighted by Crippen LogP contribution is -2.09. The minimum absolute atomic E-state index is 0.0799. The molecule has 52 valence electrons. The van der Waals surface area contributed by atoms with E-state index in [4.69, 9.17) is 0 Å². The maximum Gasteiger partial charge on any atom is 0.246 e. The highest BCUT2D eigenvalue weighted by atomic mass is 16.1. The van der Waals surface area contributed by atoms with E-state index in [0.29, 0.717) is 6.42 Å². The topological polar surface area (TPSA) is 32.7 Å². The van der Waals surface area contributed by atoms with Crippen LogP contribution in [0.15, 0.2) is 4.99 Å². The van der Waals surface area contributed by atoms with Gasteiger partial charge in [0.1, 0.15) is 0 Å². The van der Waals surface area contributed by atoms with Crippen LogP contribution in [0.1, 0.15) is 13.3 Å². The van der Waals surface area contributed by atoms with Crippen LogP contribution in [0.25, 0.3) is 0 Å². The van der Waals surface area contributed by atoms with Crippen molar-refractivity contribution in [3.05, 3.63) is 0 Å². The van der Waals surface area contributed by atoms with Gasteiger partial charge < -0.3 is 4.90 Å². The number of hydrogen-bond donors (Lipinski definition) is 0. The molecule has 0 aromatic carbocycles. The fourth-order valence-electron chi connectivity index (χ4n) is 0.271. The molecule has 0 aliphatic rings. The van der Waals surface area contributed by atoms with Crippen LogP contribution in [0.5, 0.6) is 0 Å². The minimum atomic E-state index is -0.0799. The van der Waals surface area contributed by atoms with Gasteiger partial charge in [0.15, 0.2) is 0 Å². The molecular weight excluding hydrogens is 116 g/mol. The zero-order valence-electron chi connectivity index (χ0n) is 6.09. The molecule has 0 aromatic rings. The molecule has 3 heteroatoms. The van der Waals surface area contributed by atoms with Crippen molar-refractivity contribution in [3.8, 4) is 0 Å². The molecule has 0 aliphatic heterocycles. The summed E-state index contributed by atoms with van der Waals surface area (Å²) in [5.74, 6) is -0.0799. The molecule has 9 heavy (non-hydrogen) atoms. The van der Waals surface area contributed by atoms with Crippen LogP contribution in [0.3, 0.4) is 0 Å². The van der Waals surface area contributed by atoms with Crippen LogP contribution in [0, 0.1) is 0 Å². The summed E-state index contributed by atoms with van der Waals surface area (Å²) >= 11 is 0. The third-order valence-corrected chi connectivity index (χ3v) is 0.735. The lowest BCUT2D eigenvalue weighted by molar-refractivity contribution is -0.117. The second-order valence-corrected chi connectivity index (χ2v) is 1.96. The fourth-order valence-corrected chi connectivity index (χ4v) is 0.271. The third-order valence-electron chi connectivity index (χ3n) is 0.735. The van der Waals surface area contributed by atoms with Gasteiger partial charge in [0.25, 0.3) is 0 Å². The highest BCUT2D eigenvalue weighted by Crippen LogP contribution is 1.79. The Morgan fingerprint density at radius 2 is 2.22 bits per heavy atom. The molecule has 0 saturated carbocycles. The van der Waals surface area contributed by atoms with E-state index >= 15 is 0 Å². The van der Waals surface area contributed by atoms with Gasteiger partial charge in [-0.3, -0.25) is 4.79 Å². The maximum atomic E-state index is 10.5. The largest absolute Gasteiger partial charge is 0.369 e. The summed E-state index contributed by atoms with van der Waals surface area (Å²) in [6, 6.07) is 0. The average molecular weight is 128 g/mol. The Labute approximate surface area is 55.4 Å². The Morgan fingerprint density at radius 3 is 2.56 bits per heavy atom. The predicted molar refractivity (Wildman–Crippen MR) is 37.5 cm³/mol. The molecule has 0 atom stereocenters. The number of nitrogens with zero attached hydrogens (tertiary/aromatic N) is 2. The van der Waals surface area contributed by atoms with Crippen LogP contribution < -0.4 is 0 Å². The molecule has 1 amide bonds. The van der Waals surface area contributed by atoms with Crippen LogP contribution in [0.4, 0.5) is 0 Å². The summed E-state index contributed by atoms with van der Waals surface area (Å²) in [7, 11) is 3.65. The zero-order valence-corrected chi connectivity index (χ0v) is 6.09. The van der Waals surface area contributed by atoms with Crippen LogP contribution in [0.2, 0.25) is 0 Å². The summed E-state index contributed by atoms with van der Waals surface area (Å²) in [6.45, 7) is 1.79. The molecule has 0 aliphatic carbocycles. The van der Waals surface area contributed by atoms with E-state index in [1.807, 2.05) is 14.1 Å². The van der Waals surface area contributed by atoms with Gasteiger partial charge in [-0.2, -0.15) is 0 Å². The van der Waals surface area contributed by atoms with Crippen molar-refractivity contribution in [2.45, 2.75) is 13.3 Å². The average Bonchev–Trinajstić information content (AvgIpc) is 1.83. The second kappa shape index (κ2) is 4.06. The number of aliphatic imine (C=N–C) groups is 1. The Kier molecular flexibility index (Phi) is 3.67. The maximum absolute atomic E-state index is 10.5. The molecule has 0 spiro atoms. The first kappa shape index (κ1) is 8.14. The molecule has 0 radical (unpaired) electrons. The van der Waals surface area contributed by atoms with E-state index in [0.717, 1.165) is 0 Å². The Bertz CT molecular complexity index is 118. The standard InChI is InChI=1S/C6H12N2O/c1-4-6(9)7-5-8(2)3/h5H,4H2,1-3H3. The van der Waals surface area contributed by atoms with Gasteiger partial charge in [-0.15, -0.1) is 0 Å². The molecule has 0 N–H and O–H groups in total. The third kappa shape index (κ3) is 5.00. The van der Waals surface area contributed by atoms with Crippen LogP contribution >= 0.6 is 0 Å². The van der Waals surface area contributed by atoms with Gasteiger partial charge in [0.05, 0.1) is 6.34 Å². The Balaban J connectivity index is 3.57.